The second-order valence-corrected chi connectivity index (χ2v) is 6.39. The van der Waals surface area contributed by atoms with Gasteiger partial charge in [-0.2, -0.15) is 10.2 Å². The Bertz CT molecular complexity index is 752. The van der Waals surface area contributed by atoms with Crippen molar-refractivity contribution >= 4 is 17.3 Å². The van der Waals surface area contributed by atoms with Crippen LogP contribution in [0, 0.1) is 0 Å². The Kier molecular flexibility index (Phi) is 9.49. The highest BCUT2D eigenvalue weighted by atomic mass is 16.6. The van der Waals surface area contributed by atoms with Crippen LogP contribution in [0.3, 0.4) is 0 Å². The average Bonchev–Trinajstić information content (AvgIpc) is 2.74. The first-order valence-electron chi connectivity index (χ1n) is 9.74. The summed E-state index contributed by atoms with van der Waals surface area (Å²) in [6.45, 7) is 6.02. The van der Waals surface area contributed by atoms with Crippen molar-refractivity contribution in [3.8, 4) is 5.75 Å². The molecule has 148 valence electrons. The molecule has 5 heteroatoms. The summed E-state index contributed by atoms with van der Waals surface area (Å²) >= 11 is 0. The van der Waals surface area contributed by atoms with Crippen LogP contribution in [0.15, 0.2) is 71.4 Å². The number of carbonyl (C=O) groups is 1. The Morgan fingerprint density at radius 1 is 0.929 bits per heavy atom. The van der Waals surface area contributed by atoms with E-state index in [2.05, 4.69) is 35.9 Å². The van der Waals surface area contributed by atoms with Crippen LogP contribution < -0.4 is 4.74 Å². The maximum atomic E-state index is 10.9. The van der Waals surface area contributed by atoms with E-state index in [0.717, 1.165) is 23.9 Å². The summed E-state index contributed by atoms with van der Waals surface area (Å²) in [6, 6.07) is 15.5. The highest BCUT2D eigenvalue weighted by molar-refractivity contribution is 5.81. The number of esters is 1. The summed E-state index contributed by atoms with van der Waals surface area (Å²) in [5.74, 6) is 0.227. The van der Waals surface area contributed by atoms with E-state index in [1.54, 1.807) is 0 Å². The van der Waals surface area contributed by atoms with Crippen LogP contribution in [-0.2, 0) is 16.0 Å². The van der Waals surface area contributed by atoms with Gasteiger partial charge in [-0.05, 0) is 54.8 Å². The third kappa shape index (κ3) is 8.16. The van der Waals surface area contributed by atoms with Gasteiger partial charge in [0.1, 0.15) is 19.0 Å². The molecule has 0 aliphatic heterocycles. The fourth-order valence-electron chi connectivity index (χ4n) is 2.57. The molecule has 0 spiro atoms. The SMILES string of the molecule is C=CC(=O)OCCOc1ccc(N=Nc2ccc(CCCCCC)cc2)cc1. The van der Waals surface area contributed by atoms with Gasteiger partial charge < -0.3 is 9.47 Å². The molecule has 2 aromatic carbocycles. The molecule has 0 saturated carbocycles. The number of ether oxygens (including phenoxy) is 2. The fraction of sp³-hybridized carbons (Fsp3) is 0.348. The third-order valence-electron chi connectivity index (χ3n) is 4.14. The second kappa shape index (κ2) is 12.4. The van der Waals surface area contributed by atoms with E-state index in [1.165, 1.54) is 31.2 Å². The van der Waals surface area contributed by atoms with E-state index < -0.39 is 5.97 Å². The van der Waals surface area contributed by atoms with Crippen LogP contribution in [0.4, 0.5) is 11.4 Å². The highest BCUT2D eigenvalue weighted by Gasteiger charge is 1.98. The summed E-state index contributed by atoms with van der Waals surface area (Å²) in [4.78, 5) is 10.9. The van der Waals surface area contributed by atoms with Crippen molar-refractivity contribution in [1.82, 2.24) is 0 Å². The largest absolute Gasteiger partial charge is 0.490 e. The zero-order valence-electron chi connectivity index (χ0n) is 16.5. The minimum atomic E-state index is -0.455. The van der Waals surface area contributed by atoms with Gasteiger partial charge in [0.25, 0.3) is 0 Å². The monoisotopic (exact) mass is 380 g/mol. The summed E-state index contributed by atoms with van der Waals surface area (Å²) in [7, 11) is 0. The fourth-order valence-corrected chi connectivity index (χ4v) is 2.57. The maximum absolute atomic E-state index is 10.9. The zero-order chi connectivity index (χ0) is 20.0. The van der Waals surface area contributed by atoms with Crippen LogP contribution in [0.5, 0.6) is 5.75 Å². The summed E-state index contributed by atoms with van der Waals surface area (Å²) in [5, 5.41) is 8.53. The van der Waals surface area contributed by atoms with Gasteiger partial charge >= 0.3 is 5.97 Å². The molecule has 0 radical (unpaired) electrons. The molecule has 0 N–H and O–H groups in total. The number of nitrogens with zero attached hydrogens (tertiary/aromatic N) is 2. The van der Waals surface area contributed by atoms with Crippen molar-refractivity contribution in [2.45, 2.75) is 39.0 Å². The predicted octanol–water partition coefficient (Wildman–Crippen LogP) is 6.33. The molecule has 0 unspecified atom stereocenters. The molecule has 0 bridgehead atoms. The lowest BCUT2D eigenvalue weighted by atomic mass is 10.1. The van der Waals surface area contributed by atoms with Crippen LogP contribution in [0.25, 0.3) is 0 Å². The van der Waals surface area contributed by atoms with Crippen molar-refractivity contribution in [3.05, 3.63) is 66.7 Å². The molecular weight excluding hydrogens is 352 g/mol. The van der Waals surface area contributed by atoms with Crippen molar-refractivity contribution in [3.63, 3.8) is 0 Å². The van der Waals surface area contributed by atoms with E-state index in [1.807, 2.05) is 36.4 Å². The van der Waals surface area contributed by atoms with Crippen molar-refractivity contribution < 1.29 is 14.3 Å². The number of rotatable bonds is 12. The quantitative estimate of drug-likeness (QED) is 0.187. The van der Waals surface area contributed by atoms with Crippen molar-refractivity contribution in [1.29, 1.82) is 0 Å². The summed E-state index contributed by atoms with van der Waals surface area (Å²) in [6.07, 6.45) is 7.33. The lowest BCUT2D eigenvalue weighted by Gasteiger charge is -2.06. The lowest BCUT2D eigenvalue weighted by Crippen LogP contribution is -2.09. The number of hydrogen-bond donors (Lipinski definition) is 0. The Balaban J connectivity index is 1.77. The standard InChI is InChI=1S/C23H28N2O3/c1-3-5-6-7-8-19-9-11-20(12-10-19)24-25-21-13-15-22(16-14-21)27-17-18-28-23(26)4-2/h4,9-16H,2-3,5-8,17-18H2,1H3. The summed E-state index contributed by atoms with van der Waals surface area (Å²) in [5.41, 5.74) is 2.92. The number of hydrogen-bond acceptors (Lipinski definition) is 5. The molecule has 0 aliphatic rings. The van der Waals surface area contributed by atoms with Crippen LogP contribution in [0.2, 0.25) is 0 Å². The molecule has 0 saturated heterocycles. The van der Waals surface area contributed by atoms with Crippen LogP contribution >= 0.6 is 0 Å². The van der Waals surface area contributed by atoms with Gasteiger partial charge in [0.15, 0.2) is 0 Å². The van der Waals surface area contributed by atoms with Gasteiger partial charge in [0, 0.05) is 6.08 Å². The molecule has 0 fully saturated rings. The van der Waals surface area contributed by atoms with Gasteiger partial charge in [0.05, 0.1) is 11.4 Å². The Morgan fingerprint density at radius 3 is 2.18 bits per heavy atom. The Hall–Kier alpha value is -2.95. The molecule has 2 aromatic rings. The topological polar surface area (TPSA) is 60.2 Å². The average molecular weight is 380 g/mol. The number of unbranched alkanes of at least 4 members (excludes halogenated alkanes) is 3. The van der Waals surface area contributed by atoms with E-state index in [-0.39, 0.29) is 13.2 Å². The predicted molar refractivity (Wildman–Crippen MR) is 112 cm³/mol. The second-order valence-electron chi connectivity index (χ2n) is 6.39. The van der Waals surface area contributed by atoms with Crippen LogP contribution in [-0.4, -0.2) is 19.2 Å². The Labute approximate surface area is 167 Å². The minimum absolute atomic E-state index is 0.181. The molecule has 0 heterocycles. The molecule has 28 heavy (non-hydrogen) atoms. The lowest BCUT2D eigenvalue weighted by molar-refractivity contribution is -0.138. The first-order valence-corrected chi connectivity index (χ1v) is 9.74. The number of carbonyl (C=O) groups excluding carboxylic acids is 1. The maximum Gasteiger partial charge on any atom is 0.330 e. The van der Waals surface area contributed by atoms with Gasteiger partial charge in [-0.3, -0.25) is 0 Å². The van der Waals surface area contributed by atoms with E-state index in [0.29, 0.717) is 5.75 Å². The molecular formula is C23H28N2O3. The van der Waals surface area contributed by atoms with Crippen molar-refractivity contribution in [2.24, 2.45) is 10.2 Å². The van der Waals surface area contributed by atoms with Gasteiger partial charge in [0.2, 0.25) is 0 Å². The normalized spacial score (nSPS) is 10.8. The van der Waals surface area contributed by atoms with Crippen molar-refractivity contribution in [2.75, 3.05) is 13.2 Å². The summed E-state index contributed by atoms with van der Waals surface area (Å²) < 4.78 is 10.3. The number of aryl methyl sites for hydroxylation is 1. The zero-order valence-corrected chi connectivity index (χ0v) is 16.5. The van der Waals surface area contributed by atoms with Gasteiger partial charge in [-0.15, -0.1) is 0 Å². The highest BCUT2D eigenvalue weighted by Crippen LogP contribution is 2.22. The van der Waals surface area contributed by atoms with Gasteiger partial charge in [-0.1, -0.05) is 44.9 Å². The van der Waals surface area contributed by atoms with Crippen LogP contribution in [0.1, 0.15) is 38.2 Å². The van der Waals surface area contributed by atoms with E-state index in [9.17, 15) is 4.79 Å². The smallest absolute Gasteiger partial charge is 0.330 e. The van der Waals surface area contributed by atoms with E-state index in [4.69, 9.17) is 9.47 Å². The molecule has 0 amide bonds. The molecule has 5 nitrogen and oxygen atoms in total. The number of benzene rings is 2. The van der Waals surface area contributed by atoms with Gasteiger partial charge in [-0.25, -0.2) is 4.79 Å². The first kappa shape index (κ1) is 21.4. The number of azo groups is 1. The molecule has 0 aromatic heterocycles. The molecule has 0 aliphatic carbocycles. The first-order chi connectivity index (χ1) is 13.7. The van der Waals surface area contributed by atoms with E-state index >= 15 is 0 Å². The molecule has 0 atom stereocenters. The minimum Gasteiger partial charge on any atom is -0.490 e. The molecule has 2 rings (SSSR count). The Morgan fingerprint density at radius 2 is 1.57 bits per heavy atom. The third-order valence-corrected chi connectivity index (χ3v) is 4.14.